The van der Waals surface area contributed by atoms with Gasteiger partial charge in [0.25, 0.3) is 0 Å². The first-order chi connectivity index (χ1) is 5.74. The molecule has 0 aliphatic heterocycles. The first-order valence-electron chi connectivity index (χ1n) is 4.11. The molecule has 0 amide bonds. The summed E-state index contributed by atoms with van der Waals surface area (Å²) in [6.45, 7) is 5.18. The molecule has 0 radical (unpaired) electrons. The summed E-state index contributed by atoms with van der Waals surface area (Å²) < 4.78 is 0. The Bertz CT molecular complexity index is 258. The van der Waals surface area contributed by atoms with Crippen molar-refractivity contribution >= 4 is 12.6 Å². The highest BCUT2D eigenvalue weighted by molar-refractivity contribution is 7.80. The third-order valence-electron chi connectivity index (χ3n) is 2.01. The first kappa shape index (κ1) is 9.62. The summed E-state index contributed by atoms with van der Waals surface area (Å²) in [5.41, 5.74) is 4.03. The number of hydrogen-bond donors (Lipinski definition) is 2. The van der Waals surface area contributed by atoms with Gasteiger partial charge in [0.15, 0.2) is 0 Å². The van der Waals surface area contributed by atoms with Crippen LogP contribution in [0.25, 0.3) is 0 Å². The fourth-order valence-electron chi connectivity index (χ4n) is 1.11. The maximum Gasteiger partial charge on any atom is 0.0390 e. The highest BCUT2D eigenvalue weighted by Crippen LogP contribution is 2.09. The SMILES string of the molecule is Cc1ccc(CNCS)cc1C. The van der Waals surface area contributed by atoms with Gasteiger partial charge in [0.05, 0.1) is 0 Å². The fraction of sp³-hybridized carbons (Fsp3) is 0.400. The lowest BCUT2D eigenvalue weighted by atomic mass is 10.1. The van der Waals surface area contributed by atoms with Gasteiger partial charge in [-0.25, -0.2) is 0 Å². The molecule has 1 nitrogen and oxygen atoms in total. The van der Waals surface area contributed by atoms with Crippen molar-refractivity contribution in [2.75, 3.05) is 5.88 Å². The minimum atomic E-state index is 0.729. The van der Waals surface area contributed by atoms with Crippen molar-refractivity contribution in [2.45, 2.75) is 20.4 Å². The molecule has 0 saturated carbocycles. The van der Waals surface area contributed by atoms with Crippen molar-refractivity contribution in [1.29, 1.82) is 0 Å². The van der Waals surface area contributed by atoms with Crippen molar-refractivity contribution in [3.8, 4) is 0 Å². The van der Waals surface area contributed by atoms with Crippen LogP contribution in [-0.4, -0.2) is 5.88 Å². The smallest absolute Gasteiger partial charge is 0.0390 e. The number of thiol groups is 1. The Morgan fingerprint density at radius 1 is 1.25 bits per heavy atom. The van der Waals surface area contributed by atoms with Crippen LogP contribution in [0.5, 0.6) is 0 Å². The lowest BCUT2D eigenvalue weighted by Gasteiger charge is -2.04. The van der Waals surface area contributed by atoms with Gasteiger partial charge < -0.3 is 5.32 Å². The van der Waals surface area contributed by atoms with Gasteiger partial charge in [0.1, 0.15) is 0 Å². The van der Waals surface area contributed by atoms with E-state index >= 15 is 0 Å². The molecule has 0 aliphatic carbocycles. The van der Waals surface area contributed by atoms with Gasteiger partial charge in [-0.15, -0.1) is 0 Å². The normalized spacial score (nSPS) is 10.2. The molecule has 0 fully saturated rings. The molecule has 0 atom stereocenters. The average molecular weight is 181 g/mol. The molecule has 0 aromatic heterocycles. The number of rotatable bonds is 3. The zero-order chi connectivity index (χ0) is 8.97. The maximum atomic E-state index is 4.09. The monoisotopic (exact) mass is 181 g/mol. The number of benzene rings is 1. The molecule has 0 bridgehead atoms. The Labute approximate surface area is 79.6 Å². The van der Waals surface area contributed by atoms with Crippen molar-refractivity contribution < 1.29 is 0 Å². The molecule has 0 heterocycles. The van der Waals surface area contributed by atoms with Crippen LogP contribution in [0.4, 0.5) is 0 Å². The van der Waals surface area contributed by atoms with Gasteiger partial charge in [0.2, 0.25) is 0 Å². The predicted molar refractivity (Wildman–Crippen MR) is 56.6 cm³/mol. The molecule has 0 aliphatic rings. The molecular formula is C10H15NS. The molecule has 0 unspecified atom stereocenters. The minimum Gasteiger partial charge on any atom is -0.304 e. The van der Waals surface area contributed by atoms with Crippen LogP contribution in [0.2, 0.25) is 0 Å². The highest BCUT2D eigenvalue weighted by atomic mass is 32.1. The van der Waals surface area contributed by atoms with Crippen LogP contribution >= 0.6 is 12.6 Å². The summed E-state index contributed by atoms with van der Waals surface area (Å²) in [6, 6.07) is 6.52. The topological polar surface area (TPSA) is 12.0 Å². The Morgan fingerprint density at radius 2 is 2.00 bits per heavy atom. The lowest BCUT2D eigenvalue weighted by Crippen LogP contribution is -2.10. The lowest BCUT2D eigenvalue weighted by molar-refractivity contribution is 0.797. The summed E-state index contributed by atoms with van der Waals surface area (Å²) >= 11 is 4.09. The van der Waals surface area contributed by atoms with E-state index in [9.17, 15) is 0 Å². The molecule has 0 spiro atoms. The third-order valence-corrected chi connectivity index (χ3v) is 2.24. The van der Waals surface area contributed by atoms with Crippen LogP contribution in [0.1, 0.15) is 16.7 Å². The van der Waals surface area contributed by atoms with E-state index in [2.05, 4.69) is 50.0 Å². The van der Waals surface area contributed by atoms with Gasteiger partial charge in [-0.3, -0.25) is 0 Å². The van der Waals surface area contributed by atoms with Gasteiger partial charge in [-0.2, -0.15) is 12.6 Å². The zero-order valence-corrected chi connectivity index (χ0v) is 8.49. The molecule has 66 valence electrons. The Kier molecular flexibility index (Phi) is 3.63. The third kappa shape index (κ3) is 2.54. The second kappa shape index (κ2) is 4.53. The molecule has 1 aromatic rings. The summed E-state index contributed by atoms with van der Waals surface area (Å²) in [6.07, 6.45) is 0. The summed E-state index contributed by atoms with van der Waals surface area (Å²) in [7, 11) is 0. The molecule has 1 rings (SSSR count). The molecule has 2 heteroatoms. The van der Waals surface area contributed by atoms with Gasteiger partial charge in [-0.1, -0.05) is 18.2 Å². The second-order valence-corrected chi connectivity index (χ2v) is 3.32. The van der Waals surface area contributed by atoms with Crippen LogP contribution in [-0.2, 0) is 6.54 Å². The van der Waals surface area contributed by atoms with E-state index in [0.717, 1.165) is 12.4 Å². The molecular weight excluding hydrogens is 166 g/mol. The van der Waals surface area contributed by atoms with E-state index in [-0.39, 0.29) is 0 Å². The van der Waals surface area contributed by atoms with Gasteiger partial charge >= 0.3 is 0 Å². The van der Waals surface area contributed by atoms with E-state index in [1.807, 2.05) is 0 Å². The van der Waals surface area contributed by atoms with Gasteiger partial charge in [0, 0.05) is 12.4 Å². The van der Waals surface area contributed by atoms with E-state index < -0.39 is 0 Å². The largest absolute Gasteiger partial charge is 0.304 e. The average Bonchev–Trinajstić information content (AvgIpc) is 2.07. The number of hydrogen-bond acceptors (Lipinski definition) is 2. The van der Waals surface area contributed by atoms with Crippen molar-refractivity contribution in [3.63, 3.8) is 0 Å². The molecule has 0 saturated heterocycles. The van der Waals surface area contributed by atoms with E-state index in [1.165, 1.54) is 16.7 Å². The Morgan fingerprint density at radius 3 is 2.58 bits per heavy atom. The van der Waals surface area contributed by atoms with E-state index in [0.29, 0.717) is 0 Å². The number of aryl methyl sites for hydroxylation is 2. The quantitative estimate of drug-likeness (QED) is 0.538. The van der Waals surface area contributed by atoms with Crippen LogP contribution in [0.15, 0.2) is 18.2 Å². The zero-order valence-electron chi connectivity index (χ0n) is 7.59. The molecule has 12 heavy (non-hydrogen) atoms. The summed E-state index contributed by atoms with van der Waals surface area (Å²) in [4.78, 5) is 0. The van der Waals surface area contributed by atoms with Crippen molar-refractivity contribution in [2.24, 2.45) is 0 Å². The van der Waals surface area contributed by atoms with Crippen molar-refractivity contribution in [1.82, 2.24) is 5.32 Å². The predicted octanol–water partition coefficient (Wildman–Crippen LogP) is 2.28. The van der Waals surface area contributed by atoms with Crippen LogP contribution < -0.4 is 5.32 Å². The van der Waals surface area contributed by atoms with E-state index in [1.54, 1.807) is 0 Å². The van der Waals surface area contributed by atoms with E-state index in [4.69, 9.17) is 0 Å². The molecule has 1 aromatic carbocycles. The number of nitrogens with one attached hydrogen (secondary N) is 1. The second-order valence-electron chi connectivity index (χ2n) is 3.00. The minimum absolute atomic E-state index is 0.729. The standard InChI is InChI=1S/C10H15NS/c1-8-3-4-10(5-9(8)2)6-11-7-12/h3-5,11-12H,6-7H2,1-2H3. The Hall–Kier alpha value is -0.470. The Balaban J connectivity index is 2.69. The summed E-state index contributed by atoms with van der Waals surface area (Å²) in [5.74, 6) is 0.729. The van der Waals surface area contributed by atoms with Crippen LogP contribution in [0.3, 0.4) is 0 Å². The molecule has 1 N–H and O–H groups in total. The highest BCUT2D eigenvalue weighted by Gasteiger charge is 1.94. The fourth-order valence-corrected chi connectivity index (χ4v) is 1.23. The summed E-state index contributed by atoms with van der Waals surface area (Å²) in [5, 5.41) is 3.18. The van der Waals surface area contributed by atoms with Crippen LogP contribution in [0, 0.1) is 13.8 Å². The maximum absolute atomic E-state index is 4.09. The van der Waals surface area contributed by atoms with Gasteiger partial charge in [-0.05, 0) is 30.5 Å². The van der Waals surface area contributed by atoms with Crippen molar-refractivity contribution in [3.05, 3.63) is 34.9 Å². The first-order valence-corrected chi connectivity index (χ1v) is 4.75.